The average molecular weight is 577 g/mol. The van der Waals surface area contributed by atoms with Gasteiger partial charge in [-0.1, -0.05) is 43.1 Å². The minimum Gasteiger partial charge on any atom is -0.494 e. The fraction of sp³-hybridized carbons (Fsp3) is 0.448. The fourth-order valence-corrected chi connectivity index (χ4v) is 5.21. The van der Waals surface area contributed by atoms with Crippen molar-refractivity contribution in [3.8, 4) is 5.75 Å². The number of carbonyl (C=O) groups is 1. The first-order valence-corrected chi connectivity index (χ1v) is 14.0. The molecule has 0 N–H and O–H groups in total. The Balaban J connectivity index is 1.30. The number of halogens is 2. The predicted octanol–water partition coefficient (Wildman–Crippen LogP) is 6.23. The lowest BCUT2D eigenvalue weighted by Crippen LogP contribution is -2.46. The fourth-order valence-electron chi connectivity index (χ4n) is 4.80. The molecule has 1 saturated heterocycles. The molecular weight excluding hydrogens is 541 g/mol. The summed E-state index contributed by atoms with van der Waals surface area (Å²) in [4.78, 5) is 29.4. The van der Waals surface area contributed by atoms with Crippen LogP contribution in [0.2, 0.25) is 10.0 Å². The third-order valence-corrected chi connectivity index (χ3v) is 7.70. The smallest absolute Gasteiger partial charge is 0.494 e. The van der Waals surface area contributed by atoms with Gasteiger partial charge in [0.1, 0.15) is 5.75 Å². The van der Waals surface area contributed by atoms with Crippen LogP contribution < -0.4 is 15.2 Å². The van der Waals surface area contributed by atoms with Crippen molar-refractivity contribution in [2.24, 2.45) is 5.92 Å². The standard InChI is InChI=1S/C29H35Cl2N3O5/c1-20(2)28(39-29(36)37-3)34-25-19-22(11-9-21(25)10-12-26(34)35)38-18-5-4-13-32-14-16-33(17-15-32)24-8-6-7-23(30)27(24)31/h6-12,19-20,28H,4-5,13-18H2,1-3H3. The van der Waals surface area contributed by atoms with Gasteiger partial charge < -0.3 is 19.1 Å². The number of fused-ring (bicyclic) bond motifs is 1. The Bertz CT molecular complexity index is 1340. The minimum atomic E-state index is -0.834. The van der Waals surface area contributed by atoms with Crippen LogP contribution in [0.5, 0.6) is 5.75 Å². The quantitative estimate of drug-likeness (QED) is 0.209. The van der Waals surface area contributed by atoms with E-state index >= 15 is 0 Å². The van der Waals surface area contributed by atoms with Crippen molar-refractivity contribution in [3.05, 3.63) is 68.9 Å². The lowest BCUT2D eigenvalue weighted by atomic mass is 10.1. The SMILES string of the molecule is COC(=O)OC(C(C)C)n1c(=O)ccc2ccc(OCCCCN3CCN(c4cccc(Cl)c4Cl)CC3)cc21. The number of unbranched alkanes of at least 4 members (excludes halogenated alkanes) is 1. The summed E-state index contributed by atoms with van der Waals surface area (Å²) in [6.45, 7) is 9.08. The molecule has 0 radical (unpaired) electrons. The van der Waals surface area contributed by atoms with Gasteiger partial charge in [-0.05, 0) is 55.1 Å². The molecule has 1 aliphatic heterocycles. The lowest BCUT2D eigenvalue weighted by Gasteiger charge is -2.36. The molecule has 2 aromatic carbocycles. The normalized spacial score (nSPS) is 15.0. The zero-order chi connectivity index (χ0) is 27.9. The van der Waals surface area contributed by atoms with Crippen molar-refractivity contribution in [2.45, 2.75) is 32.9 Å². The molecule has 0 amide bonds. The Morgan fingerprint density at radius 2 is 1.74 bits per heavy atom. The summed E-state index contributed by atoms with van der Waals surface area (Å²) >= 11 is 12.6. The van der Waals surface area contributed by atoms with Crippen LogP contribution in [-0.2, 0) is 9.47 Å². The topological polar surface area (TPSA) is 73.2 Å². The molecule has 1 fully saturated rings. The van der Waals surface area contributed by atoms with Crippen molar-refractivity contribution in [2.75, 3.05) is 51.3 Å². The van der Waals surface area contributed by atoms with Gasteiger partial charge in [-0.3, -0.25) is 14.3 Å². The molecule has 1 atom stereocenters. The van der Waals surface area contributed by atoms with Crippen molar-refractivity contribution >= 4 is 45.9 Å². The van der Waals surface area contributed by atoms with Crippen LogP contribution in [-0.4, -0.2) is 62.1 Å². The van der Waals surface area contributed by atoms with E-state index in [4.69, 9.17) is 32.7 Å². The summed E-state index contributed by atoms with van der Waals surface area (Å²) in [5.41, 5.74) is 1.37. The van der Waals surface area contributed by atoms with E-state index in [-0.39, 0.29) is 11.5 Å². The van der Waals surface area contributed by atoms with Crippen LogP contribution in [0, 0.1) is 5.92 Å². The van der Waals surface area contributed by atoms with Crippen LogP contribution in [0.25, 0.3) is 10.9 Å². The van der Waals surface area contributed by atoms with Gasteiger partial charge in [0.15, 0.2) is 6.23 Å². The third-order valence-electron chi connectivity index (χ3n) is 6.89. The average Bonchev–Trinajstić information content (AvgIpc) is 2.93. The van der Waals surface area contributed by atoms with E-state index in [2.05, 4.69) is 14.5 Å². The molecule has 2 heterocycles. The molecule has 1 aromatic heterocycles. The first kappa shape index (κ1) is 29.1. The first-order chi connectivity index (χ1) is 18.8. The molecule has 39 heavy (non-hydrogen) atoms. The van der Waals surface area contributed by atoms with Crippen molar-refractivity contribution in [1.29, 1.82) is 0 Å². The highest BCUT2D eigenvalue weighted by molar-refractivity contribution is 6.43. The van der Waals surface area contributed by atoms with Crippen LogP contribution in [0.1, 0.15) is 32.9 Å². The summed E-state index contributed by atoms with van der Waals surface area (Å²) in [6, 6.07) is 14.6. The first-order valence-electron chi connectivity index (χ1n) is 13.2. The number of rotatable bonds is 10. The molecule has 210 valence electrons. The number of nitrogens with zero attached hydrogens (tertiary/aromatic N) is 3. The second-order valence-electron chi connectivity index (χ2n) is 9.93. The molecule has 1 aliphatic rings. The number of aromatic nitrogens is 1. The Kier molecular flexibility index (Phi) is 9.99. The van der Waals surface area contributed by atoms with E-state index in [1.165, 1.54) is 17.7 Å². The lowest BCUT2D eigenvalue weighted by molar-refractivity contribution is -0.0158. The summed E-state index contributed by atoms with van der Waals surface area (Å²) in [5, 5.41) is 2.05. The molecule has 8 nitrogen and oxygen atoms in total. The molecule has 0 aliphatic carbocycles. The highest BCUT2D eigenvalue weighted by atomic mass is 35.5. The van der Waals surface area contributed by atoms with Gasteiger partial charge in [0.2, 0.25) is 0 Å². The summed E-state index contributed by atoms with van der Waals surface area (Å²) in [6.07, 6.45) is 0.275. The molecule has 3 aromatic rings. The number of ether oxygens (including phenoxy) is 3. The Morgan fingerprint density at radius 1 is 1.00 bits per heavy atom. The maximum Gasteiger partial charge on any atom is 0.509 e. The van der Waals surface area contributed by atoms with Gasteiger partial charge in [-0.15, -0.1) is 0 Å². The van der Waals surface area contributed by atoms with Crippen molar-refractivity contribution in [3.63, 3.8) is 0 Å². The van der Waals surface area contributed by atoms with Crippen LogP contribution in [0.15, 0.2) is 53.3 Å². The maximum atomic E-state index is 12.8. The van der Waals surface area contributed by atoms with E-state index in [0.29, 0.717) is 27.9 Å². The number of methoxy groups -OCH3 is 1. The zero-order valence-electron chi connectivity index (χ0n) is 22.6. The third kappa shape index (κ3) is 7.18. The van der Waals surface area contributed by atoms with Gasteiger partial charge in [-0.2, -0.15) is 0 Å². The number of carbonyl (C=O) groups excluding carboxylic acids is 1. The summed E-state index contributed by atoms with van der Waals surface area (Å²) in [7, 11) is 1.24. The highest BCUT2D eigenvalue weighted by Crippen LogP contribution is 2.33. The molecule has 0 spiro atoms. The van der Waals surface area contributed by atoms with E-state index in [9.17, 15) is 9.59 Å². The maximum absolute atomic E-state index is 12.8. The van der Waals surface area contributed by atoms with Gasteiger partial charge in [0.25, 0.3) is 5.56 Å². The van der Waals surface area contributed by atoms with E-state index < -0.39 is 12.4 Å². The number of benzene rings is 2. The van der Waals surface area contributed by atoms with Crippen molar-refractivity contribution < 1.29 is 19.0 Å². The molecule has 4 rings (SSSR count). The van der Waals surface area contributed by atoms with E-state index in [1.54, 1.807) is 6.07 Å². The Morgan fingerprint density at radius 3 is 2.46 bits per heavy atom. The van der Waals surface area contributed by atoms with Gasteiger partial charge >= 0.3 is 6.16 Å². The number of pyridine rings is 1. The van der Waals surface area contributed by atoms with Crippen LogP contribution in [0.3, 0.4) is 0 Å². The van der Waals surface area contributed by atoms with E-state index in [0.717, 1.165) is 56.6 Å². The number of anilines is 1. The minimum absolute atomic E-state index is 0.152. The molecule has 10 heteroatoms. The zero-order valence-corrected chi connectivity index (χ0v) is 24.1. The van der Waals surface area contributed by atoms with Crippen LogP contribution in [0.4, 0.5) is 10.5 Å². The highest BCUT2D eigenvalue weighted by Gasteiger charge is 2.24. The second kappa shape index (κ2) is 13.4. The molecular formula is C29H35Cl2N3O5. The van der Waals surface area contributed by atoms with Gasteiger partial charge in [-0.25, -0.2) is 4.79 Å². The van der Waals surface area contributed by atoms with Gasteiger partial charge in [0, 0.05) is 44.2 Å². The summed E-state index contributed by atoms with van der Waals surface area (Å²) < 4.78 is 17.6. The van der Waals surface area contributed by atoms with Crippen molar-refractivity contribution in [1.82, 2.24) is 9.47 Å². The number of piperazine rings is 1. The molecule has 1 unspecified atom stereocenters. The number of hydrogen-bond donors (Lipinski definition) is 0. The van der Waals surface area contributed by atoms with E-state index in [1.807, 2.05) is 50.2 Å². The van der Waals surface area contributed by atoms with Crippen LogP contribution >= 0.6 is 23.2 Å². The number of hydrogen-bond acceptors (Lipinski definition) is 7. The summed E-state index contributed by atoms with van der Waals surface area (Å²) in [5.74, 6) is 0.510. The Labute approximate surface area is 238 Å². The molecule has 0 bridgehead atoms. The van der Waals surface area contributed by atoms with Gasteiger partial charge in [0.05, 0.1) is 35.0 Å². The monoisotopic (exact) mass is 575 g/mol. The predicted molar refractivity (Wildman–Crippen MR) is 155 cm³/mol. The Hall–Kier alpha value is -2.94. The largest absolute Gasteiger partial charge is 0.509 e. The second-order valence-corrected chi connectivity index (χ2v) is 10.7. The molecule has 0 saturated carbocycles.